The molecule has 0 radical (unpaired) electrons. The molecule has 0 N–H and O–H groups in total. The van der Waals surface area contributed by atoms with Crippen molar-refractivity contribution >= 4 is 18.9 Å². The summed E-state index contributed by atoms with van der Waals surface area (Å²) in [5.74, 6) is 0. The lowest BCUT2D eigenvalue weighted by atomic mass is 10.0. The lowest BCUT2D eigenvalue weighted by Gasteiger charge is -2.16. The Morgan fingerprint density at radius 3 is 2.13 bits per heavy atom. The molecule has 8 heteroatoms. The van der Waals surface area contributed by atoms with Crippen LogP contribution in [0.4, 0.5) is 21.7 Å². The molecule has 0 amide bonds. The van der Waals surface area contributed by atoms with Gasteiger partial charge in [0.2, 0.25) is 0 Å². The topological polar surface area (TPSA) is 0 Å². The van der Waals surface area contributed by atoms with Crippen LogP contribution in [-0.4, -0.2) is 12.9 Å². The molecule has 0 aliphatic heterocycles. The Morgan fingerprint density at radius 2 is 1.65 bits per heavy atom. The van der Waals surface area contributed by atoms with Gasteiger partial charge in [-0.15, -0.1) is 0 Å². The van der Waals surface area contributed by atoms with E-state index in [4.69, 9.17) is 11.6 Å². The fourth-order valence-electron chi connectivity index (χ4n) is 2.25. The Hall–Kier alpha value is -0.305. The molecule has 0 bridgehead atoms. The third-order valence-corrected chi connectivity index (χ3v) is 6.41. The number of hydrogen-bond acceptors (Lipinski definition) is 0. The van der Waals surface area contributed by atoms with E-state index < -0.39 is 12.9 Å². The van der Waals surface area contributed by atoms with Crippen molar-refractivity contribution < 1.29 is 42.9 Å². The number of rotatable bonds is 4. The van der Waals surface area contributed by atoms with Crippen LogP contribution in [0.25, 0.3) is 0 Å². The van der Waals surface area contributed by atoms with Crippen LogP contribution < -0.4 is 21.2 Å². The fraction of sp³-hybridized carbons (Fsp3) is 0.467. The summed E-state index contributed by atoms with van der Waals surface area (Å²) in [4.78, 5) is 0. The van der Waals surface area contributed by atoms with Crippen LogP contribution in [-0.2, 0) is 0 Å². The standard InChI is InChI=1S/C15H18ClFI.BF4/c1-12-4-6-14(7-5-12)18-11-13(16)10-15(17)8-2-3-9-15;2-1(3,4)5/h4-7,11H,2-3,8-10H2,1H3;/q+1;-1/b13-11+;. The number of benzene rings is 1. The molecule has 1 aliphatic carbocycles. The van der Waals surface area contributed by atoms with Gasteiger partial charge in [0.05, 0.1) is 5.03 Å². The summed E-state index contributed by atoms with van der Waals surface area (Å²) in [6, 6.07) is 8.52. The molecular weight excluding hydrogens is 448 g/mol. The molecule has 23 heavy (non-hydrogen) atoms. The van der Waals surface area contributed by atoms with Crippen molar-refractivity contribution in [1.29, 1.82) is 0 Å². The minimum Gasteiger partial charge on any atom is -0.418 e. The Labute approximate surface area is 148 Å². The van der Waals surface area contributed by atoms with Crippen molar-refractivity contribution in [1.82, 2.24) is 0 Å². The second kappa shape index (κ2) is 9.25. The highest BCUT2D eigenvalue weighted by atomic mass is 127. The highest BCUT2D eigenvalue weighted by Crippen LogP contribution is 2.38. The Kier molecular flexibility index (Phi) is 8.34. The number of hydrogen-bond donors (Lipinski definition) is 0. The van der Waals surface area contributed by atoms with Gasteiger partial charge >= 0.3 is 28.5 Å². The van der Waals surface area contributed by atoms with E-state index in [0.717, 1.165) is 12.8 Å². The largest absolute Gasteiger partial charge is 0.673 e. The lowest BCUT2D eigenvalue weighted by Crippen LogP contribution is -3.59. The van der Waals surface area contributed by atoms with Crippen LogP contribution in [0.5, 0.6) is 0 Å². The van der Waals surface area contributed by atoms with Crippen molar-refractivity contribution in [2.24, 2.45) is 0 Å². The van der Waals surface area contributed by atoms with E-state index in [9.17, 15) is 21.7 Å². The van der Waals surface area contributed by atoms with Gasteiger partial charge in [0.25, 0.3) is 0 Å². The van der Waals surface area contributed by atoms with Gasteiger partial charge in [0, 0.05) is 6.42 Å². The second-order valence-electron chi connectivity index (χ2n) is 5.49. The molecule has 0 nitrogen and oxygen atoms in total. The molecule has 1 aromatic rings. The number of halogens is 7. The summed E-state index contributed by atoms with van der Waals surface area (Å²) < 4.78 is 56.6. The van der Waals surface area contributed by atoms with Crippen molar-refractivity contribution in [3.05, 3.63) is 42.5 Å². The minimum atomic E-state index is -6.00. The van der Waals surface area contributed by atoms with Crippen LogP contribution in [0.1, 0.15) is 37.7 Å². The fourth-order valence-corrected chi connectivity index (χ4v) is 4.46. The molecule has 2 rings (SSSR count). The van der Waals surface area contributed by atoms with Gasteiger partial charge in [-0.05, 0) is 31.9 Å². The minimum absolute atomic E-state index is 0.232. The van der Waals surface area contributed by atoms with Gasteiger partial charge in [-0.3, -0.25) is 0 Å². The molecule has 1 aromatic carbocycles. The monoisotopic (exact) mass is 466 g/mol. The van der Waals surface area contributed by atoms with Crippen LogP contribution >= 0.6 is 11.6 Å². The summed E-state index contributed by atoms with van der Waals surface area (Å²) >= 11 is 5.95. The zero-order valence-corrected chi connectivity index (χ0v) is 15.6. The smallest absolute Gasteiger partial charge is 0.418 e. The third-order valence-electron chi connectivity index (χ3n) is 3.30. The van der Waals surface area contributed by atoms with Gasteiger partial charge in [-0.1, -0.05) is 42.1 Å². The first-order valence-corrected chi connectivity index (χ1v) is 9.88. The third kappa shape index (κ3) is 10.2. The summed E-state index contributed by atoms with van der Waals surface area (Å²) in [7, 11) is -6.00. The molecular formula is C15H18BClF5I. The molecule has 0 heterocycles. The molecule has 0 unspecified atom stereocenters. The normalized spacial score (nSPS) is 17.6. The van der Waals surface area contributed by atoms with Gasteiger partial charge < -0.3 is 17.3 Å². The summed E-state index contributed by atoms with van der Waals surface area (Å²) in [6.45, 7) is 2.08. The quantitative estimate of drug-likeness (QED) is 0.363. The van der Waals surface area contributed by atoms with Crippen molar-refractivity contribution in [3.63, 3.8) is 0 Å². The van der Waals surface area contributed by atoms with Crippen LogP contribution in [0.3, 0.4) is 0 Å². The molecule has 0 aromatic heterocycles. The zero-order chi connectivity index (χ0) is 17.5. The second-order valence-corrected chi connectivity index (χ2v) is 8.47. The maximum atomic E-state index is 14.2. The maximum absolute atomic E-state index is 14.2. The SMILES string of the molecule is Cc1ccc([I+]/C=C(/Cl)CC2(F)CCCC2)cc1.F[B-](F)(F)F. The highest BCUT2D eigenvalue weighted by Gasteiger charge is 2.34. The summed E-state index contributed by atoms with van der Waals surface area (Å²) in [5.41, 5.74) is 0.247. The predicted molar refractivity (Wildman–Crippen MR) is 80.9 cm³/mol. The molecule has 1 aliphatic rings. The predicted octanol–water partition coefficient (Wildman–Crippen LogP) is 3.31. The molecule has 0 atom stereocenters. The first kappa shape index (κ1) is 20.7. The Bertz CT molecular complexity index is 504. The summed E-state index contributed by atoms with van der Waals surface area (Å²) in [5, 5.41) is 0.716. The van der Waals surface area contributed by atoms with E-state index in [1.807, 2.05) is 0 Å². The van der Waals surface area contributed by atoms with E-state index in [0.29, 0.717) is 24.3 Å². The maximum Gasteiger partial charge on any atom is 0.673 e. The molecule has 1 fully saturated rings. The van der Waals surface area contributed by atoms with E-state index >= 15 is 0 Å². The average Bonchev–Trinajstić information content (AvgIpc) is 2.82. The Morgan fingerprint density at radius 1 is 1.17 bits per heavy atom. The molecule has 0 spiro atoms. The lowest BCUT2D eigenvalue weighted by molar-refractivity contribution is -0.557. The van der Waals surface area contributed by atoms with Crippen LogP contribution in [0, 0.1) is 10.5 Å². The Balaban J connectivity index is 0.000000463. The van der Waals surface area contributed by atoms with Crippen molar-refractivity contribution in [3.8, 4) is 0 Å². The number of allylic oxidation sites excluding steroid dienone is 1. The number of aryl methyl sites for hydroxylation is 1. The van der Waals surface area contributed by atoms with Gasteiger partial charge in [-0.2, -0.15) is 0 Å². The first-order valence-electron chi connectivity index (χ1n) is 7.18. The molecule has 130 valence electrons. The number of alkyl halides is 1. The van der Waals surface area contributed by atoms with Gasteiger partial charge in [0.1, 0.15) is 5.67 Å². The van der Waals surface area contributed by atoms with E-state index in [2.05, 4.69) is 35.3 Å². The van der Waals surface area contributed by atoms with Crippen LogP contribution in [0.2, 0.25) is 0 Å². The zero-order valence-electron chi connectivity index (χ0n) is 12.6. The van der Waals surface area contributed by atoms with Crippen molar-refractivity contribution in [2.45, 2.75) is 44.7 Å². The first-order chi connectivity index (χ1) is 10.6. The van der Waals surface area contributed by atoms with E-state index in [-0.39, 0.29) is 21.2 Å². The van der Waals surface area contributed by atoms with Crippen LogP contribution in [0.15, 0.2) is 33.4 Å². The van der Waals surface area contributed by atoms with Crippen molar-refractivity contribution in [2.75, 3.05) is 0 Å². The molecule has 1 saturated carbocycles. The average molecular weight is 466 g/mol. The van der Waals surface area contributed by atoms with E-state index in [1.165, 1.54) is 9.13 Å². The summed E-state index contributed by atoms with van der Waals surface area (Å²) in [6.07, 6.45) is 3.79. The van der Waals surface area contributed by atoms with E-state index in [1.54, 1.807) is 0 Å². The molecule has 0 saturated heterocycles. The van der Waals surface area contributed by atoms with Gasteiger partial charge in [-0.25, -0.2) is 4.39 Å². The van der Waals surface area contributed by atoms with Gasteiger partial charge in [0.15, 0.2) is 7.65 Å². The highest BCUT2D eigenvalue weighted by molar-refractivity contribution is 6.50.